The minimum Gasteiger partial charge on any atom is -0.375 e. The summed E-state index contributed by atoms with van der Waals surface area (Å²) in [5.41, 5.74) is -1.36. The van der Waals surface area contributed by atoms with Gasteiger partial charge < -0.3 is 20.2 Å². The number of dihydropyridines is 1. The van der Waals surface area contributed by atoms with Gasteiger partial charge in [0.2, 0.25) is 11.5 Å². The molecule has 0 spiro atoms. The maximum absolute atomic E-state index is 13.8. The van der Waals surface area contributed by atoms with Crippen LogP contribution in [0.4, 0.5) is 30.5 Å². The molecule has 2 fully saturated rings. The van der Waals surface area contributed by atoms with Crippen LogP contribution in [-0.4, -0.2) is 80.1 Å². The molecule has 6 rings (SSSR count). The molecule has 3 aliphatic rings. The van der Waals surface area contributed by atoms with E-state index in [2.05, 4.69) is 43.7 Å². The van der Waals surface area contributed by atoms with E-state index in [1.165, 1.54) is 21.6 Å². The first kappa shape index (κ1) is 30.5. The van der Waals surface area contributed by atoms with E-state index in [9.17, 15) is 23.1 Å². The van der Waals surface area contributed by atoms with E-state index in [4.69, 9.17) is 0 Å². The summed E-state index contributed by atoms with van der Waals surface area (Å²) >= 11 is 0. The second kappa shape index (κ2) is 12.0. The van der Waals surface area contributed by atoms with Gasteiger partial charge in [-0.05, 0) is 49.7 Å². The average Bonchev–Trinajstić information content (AvgIpc) is 3.49. The van der Waals surface area contributed by atoms with E-state index < -0.39 is 35.6 Å². The highest BCUT2D eigenvalue weighted by molar-refractivity contribution is 6.09. The first-order valence-corrected chi connectivity index (χ1v) is 14.6. The van der Waals surface area contributed by atoms with Crippen LogP contribution < -0.4 is 15.8 Å². The van der Waals surface area contributed by atoms with Crippen LogP contribution >= 0.6 is 0 Å². The van der Waals surface area contributed by atoms with Crippen molar-refractivity contribution in [1.82, 2.24) is 24.2 Å². The highest BCUT2D eigenvalue weighted by atomic mass is 19.4. The van der Waals surface area contributed by atoms with E-state index in [0.717, 1.165) is 37.6 Å². The van der Waals surface area contributed by atoms with Crippen LogP contribution in [0, 0.1) is 0 Å². The third-order valence-corrected chi connectivity index (χ3v) is 8.06. The number of aliphatic hydroxyl groups is 1. The van der Waals surface area contributed by atoms with Crippen molar-refractivity contribution in [2.75, 3.05) is 43.4 Å². The number of rotatable bonds is 6. The normalized spacial score (nSPS) is 22.4. The van der Waals surface area contributed by atoms with Gasteiger partial charge in [0.1, 0.15) is 11.6 Å². The molecule has 0 radical (unpaired) electrons. The van der Waals surface area contributed by atoms with Crippen LogP contribution in [0.2, 0.25) is 0 Å². The van der Waals surface area contributed by atoms with Gasteiger partial charge in [0.15, 0.2) is 5.65 Å². The minimum atomic E-state index is -4.87. The number of anilines is 3. The first-order chi connectivity index (χ1) is 20.6. The molecule has 1 saturated heterocycles. The molecule has 2 atom stereocenters. The maximum Gasteiger partial charge on any atom is 0.422 e. The summed E-state index contributed by atoms with van der Waals surface area (Å²) in [6.45, 7) is 11.7. The summed E-state index contributed by atoms with van der Waals surface area (Å²) in [6.07, 6.45) is -1.37. The Morgan fingerprint density at radius 3 is 2.51 bits per heavy atom. The second-order valence-corrected chi connectivity index (χ2v) is 10.7. The molecule has 3 aromatic rings. The third-order valence-electron chi connectivity index (χ3n) is 8.06. The molecular weight excluding hydrogens is 561 g/mol. The molecule has 1 aromatic carbocycles. The molecule has 0 amide bonds. The summed E-state index contributed by atoms with van der Waals surface area (Å²) in [5.74, 6) is 0.224. The third kappa shape index (κ3) is 5.58. The molecule has 2 N–H and O–H groups in total. The number of likely N-dealkylation sites (N-methyl/N-ethyl adjacent to an activating group) is 1. The summed E-state index contributed by atoms with van der Waals surface area (Å²) in [4.78, 5) is 31.2. The monoisotopic (exact) mass is 598 g/mol. The standard InChI is InChI=1S/C28H31F3N8O2.C2H6/c1-3-12-38-25(40)21-17-32-26(33-19-5-7-20(8-6-19)37-15-13-36(2)14-16-37)35-24(21)39(38)22-9-4-18-10-11-27(41,23(18)34-22)28(29,30)31;1-2/h3-8,17,22,41H,1,9-16H2,2H3,(H,32,33,35);1-2H3. The Kier molecular flexibility index (Phi) is 8.48. The smallest absolute Gasteiger partial charge is 0.375 e. The van der Waals surface area contributed by atoms with Gasteiger partial charge in [-0.1, -0.05) is 26.0 Å². The number of fused-ring (bicyclic) bond motifs is 2. The summed E-state index contributed by atoms with van der Waals surface area (Å²) in [5, 5.41) is 13.9. The zero-order valence-electron chi connectivity index (χ0n) is 24.6. The lowest BCUT2D eigenvalue weighted by atomic mass is 9.96. The number of aliphatic imine (C=N–C) groups is 1. The van der Waals surface area contributed by atoms with Crippen LogP contribution in [-0.2, 0) is 6.54 Å². The van der Waals surface area contributed by atoms with Crippen molar-refractivity contribution >= 4 is 34.1 Å². The van der Waals surface area contributed by atoms with Gasteiger partial charge >= 0.3 is 6.18 Å². The molecule has 0 bridgehead atoms. The largest absolute Gasteiger partial charge is 0.422 e. The Bertz CT molecular complexity index is 1600. The Morgan fingerprint density at radius 2 is 1.86 bits per heavy atom. The van der Waals surface area contributed by atoms with Gasteiger partial charge in [-0.2, -0.15) is 18.2 Å². The van der Waals surface area contributed by atoms with Crippen LogP contribution in [0.3, 0.4) is 0 Å². The fourth-order valence-corrected chi connectivity index (χ4v) is 5.74. The van der Waals surface area contributed by atoms with Crippen molar-refractivity contribution in [1.29, 1.82) is 0 Å². The van der Waals surface area contributed by atoms with E-state index in [1.54, 1.807) is 6.08 Å². The lowest BCUT2D eigenvalue weighted by Crippen LogP contribution is -2.49. The predicted octanol–water partition coefficient (Wildman–Crippen LogP) is 4.66. The van der Waals surface area contributed by atoms with Crippen LogP contribution in [0.1, 0.15) is 39.3 Å². The molecule has 1 saturated carbocycles. The molecule has 1 aliphatic carbocycles. The Labute approximate surface area is 247 Å². The number of alkyl halides is 3. The fourth-order valence-electron chi connectivity index (χ4n) is 5.74. The highest BCUT2D eigenvalue weighted by Gasteiger charge is 2.61. The molecule has 2 aliphatic heterocycles. The van der Waals surface area contributed by atoms with Crippen molar-refractivity contribution in [2.24, 2.45) is 4.99 Å². The van der Waals surface area contributed by atoms with Crippen molar-refractivity contribution in [3.05, 3.63) is 65.1 Å². The minimum absolute atomic E-state index is 0.0806. The summed E-state index contributed by atoms with van der Waals surface area (Å²) in [6, 6.07) is 7.89. The van der Waals surface area contributed by atoms with Crippen molar-refractivity contribution in [3.63, 3.8) is 0 Å². The number of benzene rings is 1. The van der Waals surface area contributed by atoms with Gasteiger partial charge in [-0.25, -0.2) is 14.3 Å². The number of aromatic nitrogens is 4. The zero-order valence-corrected chi connectivity index (χ0v) is 24.6. The number of hydrogen-bond acceptors (Lipinski definition) is 8. The topological polar surface area (TPSA) is 104 Å². The summed E-state index contributed by atoms with van der Waals surface area (Å²) in [7, 11) is 2.11. The van der Waals surface area contributed by atoms with Gasteiger partial charge in [0, 0.05) is 50.2 Å². The molecule has 230 valence electrons. The van der Waals surface area contributed by atoms with Gasteiger partial charge in [0.05, 0.1) is 12.3 Å². The van der Waals surface area contributed by atoms with Crippen molar-refractivity contribution in [2.45, 2.75) is 57.6 Å². The second-order valence-electron chi connectivity index (χ2n) is 10.7. The molecule has 2 unspecified atom stereocenters. The summed E-state index contributed by atoms with van der Waals surface area (Å²) < 4.78 is 44.4. The van der Waals surface area contributed by atoms with Gasteiger partial charge in [-0.15, -0.1) is 6.58 Å². The van der Waals surface area contributed by atoms with Crippen LogP contribution in [0.15, 0.2) is 64.6 Å². The molecule has 43 heavy (non-hydrogen) atoms. The molecule has 2 aromatic heterocycles. The Balaban J connectivity index is 0.00000180. The van der Waals surface area contributed by atoms with Gasteiger partial charge in [-0.3, -0.25) is 9.79 Å². The van der Waals surface area contributed by atoms with E-state index in [-0.39, 0.29) is 36.4 Å². The van der Waals surface area contributed by atoms with E-state index in [1.807, 2.05) is 38.1 Å². The predicted molar refractivity (Wildman–Crippen MR) is 162 cm³/mol. The number of hydrogen-bond donors (Lipinski definition) is 2. The number of halogens is 3. The average molecular weight is 599 g/mol. The number of piperazine rings is 1. The molecule has 10 nitrogen and oxygen atoms in total. The van der Waals surface area contributed by atoms with Crippen molar-refractivity contribution in [3.8, 4) is 0 Å². The Morgan fingerprint density at radius 1 is 1.16 bits per heavy atom. The van der Waals surface area contributed by atoms with Crippen molar-refractivity contribution < 1.29 is 18.3 Å². The maximum atomic E-state index is 13.8. The number of nitrogens with zero attached hydrogens (tertiary/aromatic N) is 7. The quantitative estimate of drug-likeness (QED) is 0.398. The van der Waals surface area contributed by atoms with Crippen LogP contribution in [0.5, 0.6) is 0 Å². The lowest BCUT2D eigenvalue weighted by Gasteiger charge is -2.34. The van der Waals surface area contributed by atoms with E-state index >= 15 is 0 Å². The number of allylic oxidation sites excluding steroid dienone is 1. The Hall–Kier alpha value is -3.97. The number of nitrogens with one attached hydrogen (secondary N) is 1. The molecule has 4 heterocycles. The molecule has 13 heteroatoms. The van der Waals surface area contributed by atoms with E-state index in [0.29, 0.717) is 5.57 Å². The molecular formula is C30H37F3N8O2. The zero-order chi connectivity index (χ0) is 30.9. The highest BCUT2D eigenvalue weighted by Crippen LogP contribution is 2.46. The van der Waals surface area contributed by atoms with Crippen LogP contribution in [0.25, 0.3) is 11.0 Å². The first-order valence-electron chi connectivity index (χ1n) is 14.6. The lowest BCUT2D eigenvalue weighted by molar-refractivity contribution is -0.229. The van der Waals surface area contributed by atoms with Gasteiger partial charge in [0.25, 0.3) is 5.56 Å². The fraction of sp³-hybridized carbons (Fsp3) is 0.467. The SMILES string of the molecule is C=CCn1c(=O)c2cnc(Nc3ccc(N4CCN(C)CC4)cc3)nc2n1C1CC=C2CCC(O)(C(F)(F)F)C2=N1.CC.